The van der Waals surface area contributed by atoms with Crippen LogP contribution in [0.5, 0.6) is 0 Å². The zero-order valence-electron chi connectivity index (χ0n) is 15.5. The number of nitrogens with zero attached hydrogens (tertiary/aromatic N) is 5. The summed E-state index contributed by atoms with van der Waals surface area (Å²) < 4.78 is 1.74. The summed E-state index contributed by atoms with van der Waals surface area (Å²) in [5.74, 6) is 0.899. The van der Waals surface area contributed by atoms with E-state index in [4.69, 9.17) is 0 Å². The van der Waals surface area contributed by atoms with Crippen LogP contribution in [-0.2, 0) is 18.4 Å². The number of aromatic nitrogens is 2. The maximum Gasteiger partial charge on any atom is 0.245 e. The van der Waals surface area contributed by atoms with Crippen LogP contribution in [0.2, 0.25) is 0 Å². The van der Waals surface area contributed by atoms with Crippen molar-refractivity contribution in [2.75, 3.05) is 37.5 Å². The highest BCUT2D eigenvalue weighted by Crippen LogP contribution is 2.23. The van der Waals surface area contributed by atoms with E-state index in [1.807, 2.05) is 45.4 Å². The predicted octanol–water partition coefficient (Wildman–Crippen LogP) is 2.11. The van der Waals surface area contributed by atoms with Gasteiger partial charge in [-0.15, -0.1) is 0 Å². The molecule has 2 heterocycles. The molecule has 3 rings (SSSR count). The smallest absolute Gasteiger partial charge is 0.245 e. The molecule has 1 amide bonds. The van der Waals surface area contributed by atoms with Crippen molar-refractivity contribution in [3.05, 3.63) is 42.1 Å². The Morgan fingerprint density at radius 2 is 2.04 bits per heavy atom. The molecule has 0 radical (unpaired) electrons. The molecule has 6 heteroatoms. The molecule has 1 saturated heterocycles. The van der Waals surface area contributed by atoms with Gasteiger partial charge < -0.3 is 4.90 Å². The summed E-state index contributed by atoms with van der Waals surface area (Å²) in [6, 6.07) is 10.3. The number of carbonyl (C=O) groups is 1. The molecule has 1 atom stereocenters. The molecule has 0 spiro atoms. The van der Waals surface area contributed by atoms with Crippen LogP contribution in [0, 0.1) is 0 Å². The predicted molar refractivity (Wildman–Crippen MR) is 101 cm³/mol. The first-order valence-electron chi connectivity index (χ1n) is 8.73. The van der Waals surface area contributed by atoms with E-state index < -0.39 is 0 Å². The fourth-order valence-electron chi connectivity index (χ4n) is 3.37. The number of hydrogen-bond acceptors (Lipinski definition) is 4. The number of carbonyl (C=O) groups excluding carboxylic acids is 1. The third kappa shape index (κ3) is 3.85. The fraction of sp³-hybridized carbons (Fsp3) is 0.474. The van der Waals surface area contributed by atoms with Gasteiger partial charge in [-0.05, 0) is 37.6 Å². The minimum Gasteiger partial charge on any atom is -0.378 e. The lowest BCUT2D eigenvalue weighted by Gasteiger charge is -2.36. The van der Waals surface area contributed by atoms with Crippen LogP contribution in [0.1, 0.15) is 18.4 Å². The highest BCUT2D eigenvalue weighted by molar-refractivity contribution is 5.97. The zero-order valence-corrected chi connectivity index (χ0v) is 15.5. The lowest BCUT2D eigenvalue weighted by molar-refractivity contribution is -0.125. The third-order valence-electron chi connectivity index (χ3n) is 4.78. The van der Waals surface area contributed by atoms with Crippen LogP contribution in [0.3, 0.4) is 0 Å². The standard InChI is InChI=1S/C19H27N5O/c1-21(2)16-8-5-7-15(13-16)14-22(3)17-9-6-11-24(19(17)25)18-10-12-23(4)20-18/h5,7-8,10,12-13,17H,6,9,11,14H2,1-4H3. The monoisotopic (exact) mass is 341 g/mol. The van der Waals surface area contributed by atoms with Crippen molar-refractivity contribution in [2.45, 2.75) is 25.4 Å². The number of rotatable bonds is 5. The second-order valence-corrected chi connectivity index (χ2v) is 6.97. The van der Waals surface area contributed by atoms with Gasteiger partial charge in [-0.1, -0.05) is 12.1 Å². The van der Waals surface area contributed by atoms with Crippen molar-refractivity contribution in [3.8, 4) is 0 Å². The molecule has 0 N–H and O–H groups in total. The topological polar surface area (TPSA) is 44.6 Å². The van der Waals surface area contributed by atoms with Crippen LogP contribution >= 0.6 is 0 Å². The van der Waals surface area contributed by atoms with Gasteiger partial charge in [0.2, 0.25) is 5.91 Å². The molecule has 6 nitrogen and oxygen atoms in total. The van der Waals surface area contributed by atoms with E-state index in [-0.39, 0.29) is 11.9 Å². The molecule has 134 valence electrons. The van der Waals surface area contributed by atoms with Gasteiger partial charge in [0.15, 0.2) is 5.82 Å². The maximum atomic E-state index is 13.0. The van der Waals surface area contributed by atoms with E-state index in [1.165, 1.54) is 11.3 Å². The molecular weight excluding hydrogens is 314 g/mol. The summed E-state index contributed by atoms with van der Waals surface area (Å²) in [6.45, 7) is 1.50. The van der Waals surface area contributed by atoms with Crippen LogP contribution in [0.4, 0.5) is 11.5 Å². The normalized spacial score (nSPS) is 18.0. The largest absolute Gasteiger partial charge is 0.378 e. The first-order valence-corrected chi connectivity index (χ1v) is 8.73. The van der Waals surface area contributed by atoms with Gasteiger partial charge in [0.25, 0.3) is 0 Å². The first-order chi connectivity index (χ1) is 12.0. The molecule has 0 saturated carbocycles. The third-order valence-corrected chi connectivity index (χ3v) is 4.78. The van der Waals surface area contributed by atoms with Crippen molar-refractivity contribution in [3.63, 3.8) is 0 Å². The van der Waals surface area contributed by atoms with Gasteiger partial charge in [-0.2, -0.15) is 5.10 Å². The van der Waals surface area contributed by atoms with Crippen molar-refractivity contribution in [2.24, 2.45) is 7.05 Å². The number of hydrogen-bond donors (Lipinski definition) is 0. The minimum absolute atomic E-state index is 0.0984. The van der Waals surface area contributed by atoms with E-state index in [1.54, 1.807) is 4.68 Å². The molecule has 0 aliphatic carbocycles. The van der Waals surface area contributed by atoms with Gasteiger partial charge in [0.1, 0.15) is 0 Å². The van der Waals surface area contributed by atoms with E-state index in [0.29, 0.717) is 0 Å². The van der Waals surface area contributed by atoms with Crippen LogP contribution < -0.4 is 9.80 Å². The number of amides is 1. The summed E-state index contributed by atoms with van der Waals surface area (Å²) in [5, 5.41) is 4.39. The Balaban J connectivity index is 1.72. The van der Waals surface area contributed by atoms with Gasteiger partial charge in [-0.3, -0.25) is 19.3 Å². The zero-order chi connectivity index (χ0) is 18.0. The molecule has 2 aromatic rings. The van der Waals surface area contributed by atoms with Gasteiger partial charge in [0.05, 0.1) is 6.04 Å². The lowest BCUT2D eigenvalue weighted by atomic mass is 10.0. The summed E-state index contributed by atoms with van der Waals surface area (Å²) in [6.07, 6.45) is 3.77. The van der Waals surface area contributed by atoms with E-state index in [2.05, 4.69) is 39.2 Å². The Bertz CT molecular complexity index is 739. The summed E-state index contributed by atoms with van der Waals surface area (Å²) in [7, 11) is 7.99. The van der Waals surface area contributed by atoms with Gasteiger partial charge in [-0.25, -0.2) is 0 Å². The molecule has 1 aliphatic heterocycles. The second kappa shape index (κ2) is 7.27. The SMILES string of the molecule is CN(C)c1cccc(CN(C)C2CCCN(c3ccn(C)n3)C2=O)c1. The molecule has 1 fully saturated rings. The van der Waals surface area contributed by atoms with Crippen LogP contribution in [0.25, 0.3) is 0 Å². The Labute approximate surface area is 149 Å². The number of piperidine rings is 1. The average molecular weight is 341 g/mol. The van der Waals surface area contributed by atoms with Gasteiger partial charge in [0, 0.05) is 52.2 Å². The highest BCUT2D eigenvalue weighted by atomic mass is 16.2. The molecule has 1 aromatic heterocycles. The van der Waals surface area contributed by atoms with Crippen molar-refractivity contribution >= 4 is 17.4 Å². The Kier molecular flexibility index (Phi) is 5.08. The van der Waals surface area contributed by atoms with Crippen molar-refractivity contribution in [1.82, 2.24) is 14.7 Å². The van der Waals surface area contributed by atoms with Crippen molar-refractivity contribution < 1.29 is 4.79 Å². The number of likely N-dealkylation sites (N-methyl/N-ethyl adjacent to an activating group) is 1. The summed E-state index contributed by atoms with van der Waals surface area (Å²) in [5.41, 5.74) is 2.40. The Hall–Kier alpha value is -2.34. The minimum atomic E-state index is -0.0984. The number of anilines is 2. The molecule has 25 heavy (non-hydrogen) atoms. The first kappa shape index (κ1) is 17.5. The van der Waals surface area contributed by atoms with E-state index in [9.17, 15) is 4.79 Å². The van der Waals surface area contributed by atoms with Gasteiger partial charge >= 0.3 is 0 Å². The maximum absolute atomic E-state index is 13.0. The van der Waals surface area contributed by atoms with E-state index >= 15 is 0 Å². The summed E-state index contributed by atoms with van der Waals surface area (Å²) >= 11 is 0. The molecule has 1 aliphatic rings. The van der Waals surface area contributed by atoms with Crippen LogP contribution in [-0.4, -0.2) is 54.3 Å². The second-order valence-electron chi connectivity index (χ2n) is 6.97. The molecule has 1 aromatic carbocycles. The fourth-order valence-corrected chi connectivity index (χ4v) is 3.37. The molecule has 1 unspecified atom stereocenters. The van der Waals surface area contributed by atoms with Crippen LogP contribution in [0.15, 0.2) is 36.5 Å². The quantitative estimate of drug-likeness (QED) is 0.836. The number of benzene rings is 1. The van der Waals surface area contributed by atoms with E-state index in [0.717, 1.165) is 31.7 Å². The summed E-state index contributed by atoms with van der Waals surface area (Å²) in [4.78, 5) is 19.0. The molecular formula is C19H27N5O. The van der Waals surface area contributed by atoms with Crippen molar-refractivity contribution in [1.29, 1.82) is 0 Å². The molecule has 0 bridgehead atoms. The Morgan fingerprint density at radius 1 is 1.24 bits per heavy atom. The average Bonchev–Trinajstić information content (AvgIpc) is 3.01. The lowest BCUT2D eigenvalue weighted by Crippen LogP contribution is -2.51. The Morgan fingerprint density at radius 3 is 2.72 bits per heavy atom. The number of aryl methyl sites for hydroxylation is 1. The highest BCUT2D eigenvalue weighted by Gasteiger charge is 2.33.